The third kappa shape index (κ3) is 5.20. The molecule has 0 unspecified atom stereocenters. The minimum Gasteiger partial charge on any atom is -0.459 e. The minimum absolute atomic E-state index is 0.222. The molecule has 0 fully saturated rings. The van der Waals surface area contributed by atoms with Crippen LogP contribution >= 0.6 is 11.8 Å². The van der Waals surface area contributed by atoms with Gasteiger partial charge in [0.15, 0.2) is 5.76 Å². The van der Waals surface area contributed by atoms with Crippen LogP contribution in [-0.2, 0) is 5.75 Å². The van der Waals surface area contributed by atoms with Crippen molar-refractivity contribution >= 4 is 35.0 Å². The SMILES string of the molecule is Cc1cc(CSc2ncccc2C(=O)Nc2ccc(NC(=O)c3ccco3)cc2)no1. The predicted octanol–water partition coefficient (Wildman–Crippen LogP) is 4.77. The van der Waals surface area contributed by atoms with Gasteiger partial charge in [0, 0.05) is 29.4 Å². The van der Waals surface area contributed by atoms with E-state index in [9.17, 15) is 9.59 Å². The summed E-state index contributed by atoms with van der Waals surface area (Å²) in [5, 5.41) is 10.1. The largest absolute Gasteiger partial charge is 0.459 e. The van der Waals surface area contributed by atoms with Crippen LogP contribution in [0.3, 0.4) is 0 Å². The van der Waals surface area contributed by atoms with E-state index in [0.717, 1.165) is 11.5 Å². The maximum Gasteiger partial charge on any atom is 0.291 e. The first kappa shape index (κ1) is 20.4. The van der Waals surface area contributed by atoms with Crippen LogP contribution in [0.5, 0.6) is 0 Å². The fraction of sp³-hybridized carbons (Fsp3) is 0.0909. The summed E-state index contributed by atoms with van der Waals surface area (Å²) in [5.41, 5.74) is 2.42. The van der Waals surface area contributed by atoms with Crippen LogP contribution < -0.4 is 10.6 Å². The van der Waals surface area contributed by atoms with Gasteiger partial charge in [-0.1, -0.05) is 16.9 Å². The minimum atomic E-state index is -0.346. The molecule has 156 valence electrons. The Hall–Kier alpha value is -3.85. The molecule has 0 bridgehead atoms. The second-order valence-electron chi connectivity index (χ2n) is 6.54. The van der Waals surface area contributed by atoms with Crippen molar-refractivity contribution < 1.29 is 18.5 Å². The number of hydrogen-bond donors (Lipinski definition) is 2. The molecular weight excluding hydrogens is 416 g/mol. The molecule has 0 atom stereocenters. The number of rotatable bonds is 7. The van der Waals surface area contributed by atoms with Crippen molar-refractivity contribution in [2.75, 3.05) is 10.6 Å². The molecule has 9 heteroatoms. The maximum atomic E-state index is 12.8. The Bertz CT molecular complexity index is 1190. The zero-order valence-corrected chi connectivity index (χ0v) is 17.3. The third-order valence-electron chi connectivity index (χ3n) is 4.19. The topological polar surface area (TPSA) is 110 Å². The number of amides is 2. The molecule has 4 aromatic rings. The molecule has 0 aliphatic rings. The van der Waals surface area contributed by atoms with Crippen LogP contribution in [0.4, 0.5) is 11.4 Å². The Kier molecular flexibility index (Phi) is 6.13. The maximum absolute atomic E-state index is 12.8. The van der Waals surface area contributed by atoms with Crippen LogP contribution in [0.15, 0.2) is 81.0 Å². The Morgan fingerprint density at radius 2 is 1.74 bits per heavy atom. The van der Waals surface area contributed by atoms with Gasteiger partial charge >= 0.3 is 0 Å². The quantitative estimate of drug-likeness (QED) is 0.403. The Morgan fingerprint density at radius 1 is 1.00 bits per heavy atom. The van der Waals surface area contributed by atoms with Crippen LogP contribution in [0.25, 0.3) is 0 Å². The van der Waals surface area contributed by atoms with Gasteiger partial charge < -0.3 is 19.6 Å². The summed E-state index contributed by atoms with van der Waals surface area (Å²) in [4.78, 5) is 29.1. The second kappa shape index (κ2) is 9.31. The lowest BCUT2D eigenvalue weighted by atomic mass is 10.2. The van der Waals surface area contributed by atoms with E-state index in [0.29, 0.717) is 27.7 Å². The van der Waals surface area contributed by atoms with E-state index in [2.05, 4.69) is 20.8 Å². The van der Waals surface area contributed by atoms with Crippen molar-refractivity contribution in [2.24, 2.45) is 0 Å². The average molecular weight is 434 g/mol. The molecule has 1 aromatic carbocycles. The first-order valence-electron chi connectivity index (χ1n) is 9.35. The van der Waals surface area contributed by atoms with Crippen molar-refractivity contribution in [3.05, 3.63) is 89.8 Å². The number of thioether (sulfide) groups is 1. The molecule has 0 saturated heterocycles. The average Bonchev–Trinajstić information content (AvgIpc) is 3.46. The highest BCUT2D eigenvalue weighted by Gasteiger charge is 2.14. The normalized spacial score (nSPS) is 10.6. The molecule has 0 saturated carbocycles. The summed E-state index contributed by atoms with van der Waals surface area (Å²) in [7, 11) is 0. The van der Waals surface area contributed by atoms with Crippen molar-refractivity contribution in [3.63, 3.8) is 0 Å². The monoisotopic (exact) mass is 434 g/mol. The Balaban J connectivity index is 1.39. The zero-order chi connectivity index (χ0) is 21.6. The number of carbonyl (C=O) groups excluding carboxylic acids is 2. The number of furan rings is 1. The second-order valence-corrected chi connectivity index (χ2v) is 7.50. The van der Waals surface area contributed by atoms with E-state index in [1.165, 1.54) is 18.0 Å². The fourth-order valence-electron chi connectivity index (χ4n) is 2.74. The lowest BCUT2D eigenvalue weighted by molar-refractivity contribution is 0.0994. The molecule has 0 radical (unpaired) electrons. The smallest absolute Gasteiger partial charge is 0.291 e. The number of hydrogen-bond acceptors (Lipinski definition) is 7. The van der Waals surface area contributed by atoms with Gasteiger partial charge in [-0.15, -0.1) is 0 Å². The number of carbonyl (C=O) groups is 2. The molecule has 0 spiro atoms. The summed E-state index contributed by atoms with van der Waals surface area (Å²) >= 11 is 1.41. The van der Waals surface area contributed by atoms with E-state index in [1.54, 1.807) is 54.7 Å². The number of aromatic nitrogens is 2. The number of nitrogens with zero attached hydrogens (tertiary/aromatic N) is 2. The highest BCUT2D eigenvalue weighted by Crippen LogP contribution is 2.25. The van der Waals surface area contributed by atoms with Gasteiger partial charge in [0.05, 0.1) is 17.5 Å². The fourth-order valence-corrected chi connectivity index (χ4v) is 3.61. The Labute approximate surface area is 182 Å². The molecule has 0 aliphatic heterocycles. The summed E-state index contributed by atoms with van der Waals surface area (Å²) in [6.45, 7) is 1.83. The van der Waals surface area contributed by atoms with Gasteiger partial charge in [-0.2, -0.15) is 0 Å². The van der Waals surface area contributed by atoms with Crippen LogP contribution in [-0.4, -0.2) is 22.0 Å². The van der Waals surface area contributed by atoms with Crippen molar-refractivity contribution in [1.82, 2.24) is 10.1 Å². The summed E-state index contributed by atoms with van der Waals surface area (Å²) < 4.78 is 10.1. The molecule has 8 nitrogen and oxygen atoms in total. The molecule has 0 aliphatic carbocycles. The molecule has 4 rings (SSSR count). The first-order valence-corrected chi connectivity index (χ1v) is 10.3. The molecule has 3 aromatic heterocycles. The summed E-state index contributed by atoms with van der Waals surface area (Å²) in [6.07, 6.45) is 3.08. The number of nitrogens with one attached hydrogen (secondary N) is 2. The third-order valence-corrected chi connectivity index (χ3v) is 5.23. The highest BCUT2D eigenvalue weighted by atomic mass is 32.2. The number of aryl methyl sites for hydroxylation is 1. The van der Waals surface area contributed by atoms with E-state index < -0.39 is 0 Å². The highest BCUT2D eigenvalue weighted by molar-refractivity contribution is 7.98. The van der Waals surface area contributed by atoms with E-state index >= 15 is 0 Å². The van der Waals surface area contributed by atoms with Crippen LogP contribution in [0, 0.1) is 6.92 Å². The summed E-state index contributed by atoms with van der Waals surface area (Å²) in [6, 6.07) is 15.3. The lowest BCUT2D eigenvalue weighted by Gasteiger charge is -2.09. The zero-order valence-electron chi connectivity index (χ0n) is 16.5. The molecule has 31 heavy (non-hydrogen) atoms. The predicted molar refractivity (Wildman–Crippen MR) is 116 cm³/mol. The number of pyridine rings is 1. The van der Waals surface area contributed by atoms with Gasteiger partial charge in [-0.25, -0.2) is 4.98 Å². The summed E-state index contributed by atoms with van der Waals surface area (Å²) in [5.74, 6) is 0.872. The van der Waals surface area contributed by atoms with Gasteiger partial charge in [-0.3, -0.25) is 9.59 Å². The van der Waals surface area contributed by atoms with Crippen molar-refractivity contribution in [1.29, 1.82) is 0 Å². The van der Waals surface area contributed by atoms with Gasteiger partial charge in [0.2, 0.25) is 0 Å². The lowest BCUT2D eigenvalue weighted by Crippen LogP contribution is -2.14. The van der Waals surface area contributed by atoms with Crippen LogP contribution in [0.2, 0.25) is 0 Å². The van der Waals surface area contributed by atoms with Gasteiger partial charge in [0.1, 0.15) is 10.8 Å². The van der Waals surface area contributed by atoms with E-state index in [1.807, 2.05) is 13.0 Å². The first-order chi connectivity index (χ1) is 15.1. The van der Waals surface area contributed by atoms with Crippen molar-refractivity contribution in [2.45, 2.75) is 17.7 Å². The van der Waals surface area contributed by atoms with Crippen molar-refractivity contribution in [3.8, 4) is 0 Å². The Morgan fingerprint density at radius 3 is 2.39 bits per heavy atom. The van der Waals surface area contributed by atoms with Gasteiger partial charge in [0.25, 0.3) is 11.8 Å². The van der Waals surface area contributed by atoms with Gasteiger partial charge in [-0.05, 0) is 55.5 Å². The molecule has 3 heterocycles. The molecular formula is C22H18N4O4S. The number of anilines is 2. The standard InChI is InChI=1S/C22H18N4O4S/c1-14-12-17(26-30-14)13-31-22-18(4-2-10-23-22)20(27)24-15-6-8-16(9-7-15)25-21(28)19-5-3-11-29-19/h2-12H,13H2,1H3,(H,24,27)(H,25,28). The van der Waals surface area contributed by atoms with E-state index in [4.69, 9.17) is 8.94 Å². The molecule has 2 N–H and O–H groups in total. The number of benzene rings is 1. The van der Waals surface area contributed by atoms with Crippen LogP contribution in [0.1, 0.15) is 32.4 Å². The molecule has 2 amide bonds. The van der Waals surface area contributed by atoms with E-state index in [-0.39, 0.29) is 17.6 Å².